The van der Waals surface area contributed by atoms with Gasteiger partial charge in [0, 0.05) is 24.0 Å². The predicted octanol–water partition coefficient (Wildman–Crippen LogP) is 5.86. The van der Waals surface area contributed by atoms with Gasteiger partial charge in [-0.25, -0.2) is 18.2 Å². The van der Waals surface area contributed by atoms with Crippen LogP contribution in [0.3, 0.4) is 0 Å². The summed E-state index contributed by atoms with van der Waals surface area (Å²) in [6.07, 6.45) is 1.12. The van der Waals surface area contributed by atoms with E-state index in [0.29, 0.717) is 35.7 Å². The Hall–Kier alpha value is -2.28. The normalized spacial score (nSPS) is 17.8. The average Bonchev–Trinajstić information content (AvgIpc) is 3.41. The van der Waals surface area contributed by atoms with E-state index in [1.807, 2.05) is 0 Å². The average molecular weight is 572 g/mol. The largest absolute Gasteiger partial charge is 0.469 e. The molecule has 3 aromatic rings. The SMILES string of the molecule is O=C(NCC(c1scnc1C(F)F)N1CCC(COc2nc(C3CC3)ns2)CC1)c1c(F)cccc1Cl. The van der Waals surface area contributed by atoms with Gasteiger partial charge in [0.2, 0.25) is 0 Å². The number of benzene rings is 1. The minimum absolute atomic E-state index is 0.0133. The molecule has 0 spiro atoms. The molecule has 1 aliphatic carbocycles. The number of nitrogens with one attached hydrogen (secondary N) is 1. The van der Waals surface area contributed by atoms with Crippen molar-refractivity contribution in [3.8, 4) is 5.19 Å². The second-order valence-corrected chi connectivity index (χ2v) is 11.2. The van der Waals surface area contributed by atoms with Crippen molar-refractivity contribution < 1.29 is 22.7 Å². The number of likely N-dealkylation sites (tertiary alicyclic amines) is 1. The lowest BCUT2D eigenvalue weighted by atomic mass is 9.96. The molecule has 37 heavy (non-hydrogen) atoms. The van der Waals surface area contributed by atoms with Crippen LogP contribution in [0.2, 0.25) is 5.02 Å². The highest BCUT2D eigenvalue weighted by Crippen LogP contribution is 2.40. The summed E-state index contributed by atoms with van der Waals surface area (Å²) in [5.41, 5.74) is 0.831. The van der Waals surface area contributed by atoms with Crippen molar-refractivity contribution in [2.45, 2.75) is 44.1 Å². The summed E-state index contributed by atoms with van der Waals surface area (Å²) >= 11 is 8.43. The van der Waals surface area contributed by atoms with Crippen LogP contribution in [-0.2, 0) is 0 Å². The Morgan fingerprint density at radius 2 is 2.03 bits per heavy atom. The summed E-state index contributed by atoms with van der Waals surface area (Å²) in [5, 5.41) is 3.27. The van der Waals surface area contributed by atoms with E-state index in [9.17, 15) is 18.0 Å². The van der Waals surface area contributed by atoms with Crippen molar-refractivity contribution in [1.29, 1.82) is 0 Å². The first-order chi connectivity index (χ1) is 17.9. The molecule has 1 saturated heterocycles. The van der Waals surface area contributed by atoms with E-state index >= 15 is 0 Å². The first-order valence-corrected chi connectivity index (χ1v) is 14.1. The van der Waals surface area contributed by atoms with Crippen LogP contribution in [0.5, 0.6) is 5.19 Å². The fraction of sp³-hybridized carbons (Fsp3) is 0.500. The molecule has 5 rings (SSSR count). The van der Waals surface area contributed by atoms with Crippen molar-refractivity contribution in [3.63, 3.8) is 0 Å². The smallest absolute Gasteiger partial charge is 0.293 e. The van der Waals surface area contributed by atoms with Crippen molar-refractivity contribution >= 4 is 40.4 Å². The van der Waals surface area contributed by atoms with E-state index < -0.39 is 24.2 Å². The zero-order valence-corrected chi connectivity index (χ0v) is 22.1. The molecule has 1 amide bonds. The summed E-state index contributed by atoms with van der Waals surface area (Å²) in [5.74, 6) is 0.201. The molecular weight excluding hydrogens is 547 g/mol. The highest BCUT2D eigenvalue weighted by molar-refractivity contribution is 7.09. The third-order valence-electron chi connectivity index (χ3n) is 6.68. The quantitative estimate of drug-likeness (QED) is 0.328. The van der Waals surface area contributed by atoms with Crippen molar-refractivity contribution in [2.75, 3.05) is 26.2 Å². The van der Waals surface area contributed by atoms with Gasteiger partial charge in [0.25, 0.3) is 17.5 Å². The molecule has 13 heteroatoms. The molecule has 1 saturated carbocycles. The number of thiazole rings is 1. The molecular formula is C24H25ClF3N5O2S2. The number of halogens is 4. The van der Waals surface area contributed by atoms with Crippen LogP contribution in [0.15, 0.2) is 23.7 Å². The van der Waals surface area contributed by atoms with Crippen LogP contribution in [0, 0.1) is 11.7 Å². The van der Waals surface area contributed by atoms with Gasteiger partial charge in [0.05, 0.1) is 33.6 Å². The summed E-state index contributed by atoms with van der Waals surface area (Å²) in [7, 11) is 0. The van der Waals surface area contributed by atoms with Crippen LogP contribution < -0.4 is 10.1 Å². The molecule has 1 N–H and O–H groups in total. The molecule has 1 aliphatic heterocycles. The van der Waals surface area contributed by atoms with Crippen LogP contribution in [0.25, 0.3) is 0 Å². The minimum Gasteiger partial charge on any atom is -0.469 e. The number of carbonyl (C=O) groups excluding carboxylic acids is 1. The van der Waals surface area contributed by atoms with E-state index in [0.717, 1.165) is 48.9 Å². The highest BCUT2D eigenvalue weighted by atomic mass is 35.5. The van der Waals surface area contributed by atoms with Gasteiger partial charge in [-0.15, -0.1) is 11.3 Å². The van der Waals surface area contributed by atoms with E-state index in [2.05, 4.69) is 24.6 Å². The third kappa shape index (κ3) is 6.24. The van der Waals surface area contributed by atoms with Crippen LogP contribution in [-0.4, -0.2) is 51.4 Å². The van der Waals surface area contributed by atoms with E-state index in [4.69, 9.17) is 16.3 Å². The maximum absolute atomic E-state index is 14.2. The number of hydrogen-bond acceptors (Lipinski definition) is 8. The Bertz CT molecular complexity index is 1210. The van der Waals surface area contributed by atoms with Gasteiger partial charge in [0.1, 0.15) is 17.3 Å². The first-order valence-electron chi connectivity index (χ1n) is 12.0. The molecule has 198 valence electrons. The lowest BCUT2D eigenvalue weighted by Gasteiger charge is -2.37. The number of nitrogens with zero attached hydrogens (tertiary/aromatic N) is 4. The lowest BCUT2D eigenvalue weighted by molar-refractivity contribution is 0.0870. The van der Waals surface area contributed by atoms with E-state index in [1.54, 1.807) is 0 Å². The van der Waals surface area contributed by atoms with Gasteiger partial charge in [-0.3, -0.25) is 9.69 Å². The first kappa shape index (κ1) is 26.3. The molecule has 0 radical (unpaired) electrons. The van der Waals surface area contributed by atoms with Gasteiger partial charge in [-0.05, 0) is 56.8 Å². The Kier molecular flexibility index (Phi) is 8.28. The van der Waals surface area contributed by atoms with Crippen LogP contribution in [0.4, 0.5) is 13.2 Å². The Balaban J connectivity index is 1.22. The summed E-state index contributed by atoms with van der Waals surface area (Å²) in [4.78, 5) is 23.5. The number of amides is 1. The van der Waals surface area contributed by atoms with Gasteiger partial charge >= 0.3 is 0 Å². The number of aromatic nitrogens is 3. The van der Waals surface area contributed by atoms with Gasteiger partial charge < -0.3 is 10.1 Å². The van der Waals surface area contributed by atoms with Crippen molar-refractivity contribution in [3.05, 3.63) is 56.5 Å². The fourth-order valence-corrected chi connectivity index (χ4v) is 6.26. The molecule has 1 unspecified atom stereocenters. The topological polar surface area (TPSA) is 80.2 Å². The molecule has 7 nitrogen and oxygen atoms in total. The van der Waals surface area contributed by atoms with Gasteiger partial charge in [0.15, 0.2) is 0 Å². The monoisotopic (exact) mass is 571 g/mol. The van der Waals surface area contributed by atoms with Gasteiger partial charge in [-0.1, -0.05) is 17.7 Å². The Labute approximate surface area is 225 Å². The molecule has 3 heterocycles. The zero-order chi connectivity index (χ0) is 25.9. The number of rotatable bonds is 10. The standard InChI is InChI=1S/C24H25ClF3N5O2S2/c25-15-2-1-3-16(26)18(15)23(34)29-10-17(20-19(21(27)28)30-12-36-20)33-8-6-13(7-9-33)11-35-24-31-22(32-37-24)14-4-5-14/h1-3,12-14,17,21H,4-11H2,(H,29,34). The second-order valence-electron chi connectivity index (χ2n) is 9.21. The van der Waals surface area contributed by atoms with E-state index in [-0.39, 0.29) is 28.7 Å². The van der Waals surface area contributed by atoms with Crippen LogP contribution in [0.1, 0.15) is 70.8 Å². The Morgan fingerprint density at radius 3 is 2.73 bits per heavy atom. The molecule has 2 fully saturated rings. The van der Waals surface area contributed by atoms with Crippen molar-refractivity contribution in [2.24, 2.45) is 5.92 Å². The molecule has 2 aliphatic rings. The molecule has 1 aromatic carbocycles. The number of ether oxygens (including phenoxy) is 1. The maximum atomic E-state index is 14.2. The lowest BCUT2D eigenvalue weighted by Crippen LogP contribution is -2.43. The number of piperidine rings is 1. The molecule has 1 atom stereocenters. The highest BCUT2D eigenvalue weighted by Gasteiger charge is 2.32. The number of alkyl halides is 2. The predicted molar refractivity (Wildman–Crippen MR) is 135 cm³/mol. The summed E-state index contributed by atoms with van der Waals surface area (Å²) in [6.45, 7) is 1.78. The van der Waals surface area contributed by atoms with Crippen molar-refractivity contribution in [1.82, 2.24) is 24.6 Å². The summed E-state index contributed by atoms with van der Waals surface area (Å²) < 4.78 is 51.8. The number of carbonyl (C=O) groups is 1. The maximum Gasteiger partial charge on any atom is 0.293 e. The minimum atomic E-state index is -2.74. The zero-order valence-electron chi connectivity index (χ0n) is 19.7. The molecule has 0 bridgehead atoms. The second kappa shape index (κ2) is 11.6. The fourth-order valence-electron chi connectivity index (χ4n) is 4.46. The number of hydrogen-bond donors (Lipinski definition) is 1. The molecule has 2 aromatic heterocycles. The van der Waals surface area contributed by atoms with E-state index in [1.165, 1.54) is 29.2 Å². The van der Waals surface area contributed by atoms with Crippen LogP contribution >= 0.6 is 34.5 Å². The van der Waals surface area contributed by atoms with Gasteiger partial charge in [-0.2, -0.15) is 9.36 Å². The Morgan fingerprint density at radius 1 is 1.24 bits per heavy atom. The third-order valence-corrected chi connectivity index (χ3v) is 8.58. The summed E-state index contributed by atoms with van der Waals surface area (Å²) in [6, 6.07) is 3.46.